The van der Waals surface area contributed by atoms with Gasteiger partial charge < -0.3 is 9.47 Å². The molecule has 0 heterocycles. The van der Waals surface area contributed by atoms with Gasteiger partial charge in [-0.25, -0.2) is 4.79 Å². The lowest BCUT2D eigenvalue weighted by Crippen LogP contribution is -2.05. The zero-order valence-corrected chi connectivity index (χ0v) is 14.3. The first kappa shape index (κ1) is 16.7. The molecular formula is C17H17ClO3S. The van der Waals surface area contributed by atoms with Gasteiger partial charge in [0.05, 0.1) is 10.6 Å². The Balaban J connectivity index is 2.19. The van der Waals surface area contributed by atoms with E-state index in [2.05, 4.69) is 6.07 Å². The molecule has 0 spiro atoms. The van der Waals surface area contributed by atoms with Gasteiger partial charge in [-0.05, 0) is 55.6 Å². The summed E-state index contributed by atoms with van der Waals surface area (Å²) in [4.78, 5) is 11.5. The van der Waals surface area contributed by atoms with E-state index >= 15 is 0 Å². The normalized spacial score (nSPS) is 10.4. The highest BCUT2D eigenvalue weighted by atomic mass is 35.5. The summed E-state index contributed by atoms with van der Waals surface area (Å²) in [5.74, 6) is 1.21. The number of hydrogen-bond acceptors (Lipinski definition) is 4. The smallest absolute Gasteiger partial charge is 0.372 e. The molecule has 0 atom stereocenters. The van der Waals surface area contributed by atoms with Gasteiger partial charge in [-0.2, -0.15) is 0 Å². The van der Waals surface area contributed by atoms with Gasteiger partial charge in [-0.1, -0.05) is 35.4 Å². The van der Waals surface area contributed by atoms with Crippen molar-refractivity contribution in [1.29, 1.82) is 0 Å². The van der Waals surface area contributed by atoms with E-state index in [0.29, 0.717) is 16.3 Å². The van der Waals surface area contributed by atoms with Crippen LogP contribution in [-0.2, 0) is 6.61 Å². The van der Waals surface area contributed by atoms with Gasteiger partial charge in [0.25, 0.3) is 0 Å². The van der Waals surface area contributed by atoms with Gasteiger partial charge in [0.15, 0.2) is 0 Å². The summed E-state index contributed by atoms with van der Waals surface area (Å²) in [6, 6.07) is 11.2. The second-order valence-electron chi connectivity index (χ2n) is 4.83. The Kier molecular flexibility index (Phi) is 5.75. The van der Waals surface area contributed by atoms with Crippen LogP contribution in [0, 0.1) is 13.8 Å². The van der Waals surface area contributed by atoms with E-state index in [1.165, 1.54) is 5.56 Å². The van der Waals surface area contributed by atoms with Gasteiger partial charge in [0, 0.05) is 0 Å². The monoisotopic (exact) mass is 336 g/mol. The minimum absolute atomic E-state index is 0.237. The summed E-state index contributed by atoms with van der Waals surface area (Å²) in [7, 11) is 0. The number of rotatable bonds is 4. The number of hydrogen-bond donors (Lipinski definition) is 0. The number of halogens is 1. The highest BCUT2D eigenvalue weighted by Gasteiger charge is 2.13. The van der Waals surface area contributed by atoms with Crippen LogP contribution >= 0.6 is 23.4 Å². The molecular weight excluding hydrogens is 320 g/mol. The molecule has 0 aliphatic carbocycles. The van der Waals surface area contributed by atoms with Gasteiger partial charge in [0.1, 0.15) is 18.1 Å². The van der Waals surface area contributed by atoms with Crippen molar-refractivity contribution in [3.8, 4) is 11.5 Å². The molecule has 0 saturated carbocycles. The van der Waals surface area contributed by atoms with E-state index in [-0.39, 0.29) is 11.9 Å². The van der Waals surface area contributed by atoms with Crippen LogP contribution in [0.25, 0.3) is 0 Å². The molecule has 5 heteroatoms. The molecule has 2 aromatic rings. The third-order valence-electron chi connectivity index (χ3n) is 3.14. The number of aryl methyl sites for hydroxylation is 2. The second-order valence-corrected chi connectivity index (χ2v) is 5.98. The van der Waals surface area contributed by atoms with Gasteiger partial charge in [-0.15, -0.1) is 0 Å². The molecule has 0 unspecified atom stereocenters. The maximum Gasteiger partial charge on any atom is 0.372 e. The van der Waals surface area contributed by atoms with Crippen LogP contribution in [0.15, 0.2) is 36.4 Å². The van der Waals surface area contributed by atoms with Crippen molar-refractivity contribution in [3.63, 3.8) is 0 Å². The predicted molar refractivity (Wildman–Crippen MR) is 91.2 cm³/mol. The van der Waals surface area contributed by atoms with Crippen molar-refractivity contribution >= 4 is 28.7 Å². The van der Waals surface area contributed by atoms with Crippen LogP contribution in [0.2, 0.25) is 5.02 Å². The van der Waals surface area contributed by atoms with E-state index in [9.17, 15) is 4.79 Å². The fourth-order valence-corrected chi connectivity index (χ4v) is 2.41. The Morgan fingerprint density at radius 2 is 1.95 bits per heavy atom. The first-order valence-electron chi connectivity index (χ1n) is 6.74. The SMILES string of the molecule is CSC(=O)Oc1cccc(Cl)c1COc1ccc(C)cc1C. The molecule has 0 radical (unpaired) electrons. The minimum atomic E-state index is -0.380. The molecule has 0 aliphatic rings. The average Bonchev–Trinajstić information content (AvgIpc) is 2.48. The Morgan fingerprint density at radius 3 is 2.64 bits per heavy atom. The lowest BCUT2D eigenvalue weighted by atomic mass is 10.1. The fraction of sp³-hybridized carbons (Fsp3) is 0.235. The van der Waals surface area contributed by atoms with Gasteiger partial charge >= 0.3 is 5.30 Å². The molecule has 0 fully saturated rings. The summed E-state index contributed by atoms with van der Waals surface area (Å²) in [5.41, 5.74) is 2.89. The maximum absolute atomic E-state index is 11.5. The molecule has 0 bridgehead atoms. The summed E-state index contributed by atoms with van der Waals surface area (Å²) in [5, 5.41) is 0.131. The number of carbonyl (C=O) groups is 1. The number of ether oxygens (including phenoxy) is 2. The summed E-state index contributed by atoms with van der Waals surface area (Å²) in [6.45, 7) is 4.26. The molecule has 116 valence electrons. The number of thioether (sulfide) groups is 1. The Morgan fingerprint density at radius 1 is 1.18 bits per heavy atom. The standard InChI is InChI=1S/C17H17ClO3S/c1-11-7-8-15(12(2)9-11)20-10-13-14(18)5-4-6-16(13)21-17(19)22-3/h4-9H,10H2,1-3H3. The molecule has 0 amide bonds. The third-order valence-corrected chi connectivity index (χ3v) is 3.91. The van der Waals surface area contributed by atoms with Gasteiger partial charge in [-0.3, -0.25) is 0 Å². The van der Waals surface area contributed by atoms with E-state index in [4.69, 9.17) is 21.1 Å². The van der Waals surface area contributed by atoms with Crippen LogP contribution in [-0.4, -0.2) is 11.6 Å². The minimum Gasteiger partial charge on any atom is -0.488 e. The maximum atomic E-state index is 11.5. The van der Waals surface area contributed by atoms with Crippen molar-refractivity contribution in [1.82, 2.24) is 0 Å². The van der Waals surface area contributed by atoms with Crippen molar-refractivity contribution < 1.29 is 14.3 Å². The molecule has 3 nitrogen and oxygen atoms in total. The van der Waals surface area contributed by atoms with Crippen LogP contribution < -0.4 is 9.47 Å². The van der Waals surface area contributed by atoms with Crippen molar-refractivity contribution in [2.24, 2.45) is 0 Å². The highest BCUT2D eigenvalue weighted by molar-refractivity contribution is 8.12. The zero-order chi connectivity index (χ0) is 16.1. The van der Waals surface area contributed by atoms with E-state index in [1.807, 2.05) is 26.0 Å². The molecule has 2 rings (SSSR count). The largest absolute Gasteiger partial charge is 0.488 e. The topological polar surface area (TPSA) is 35.5 Å². The highest BCUT2D eigenvalue weighted by Crippen LogP contribution is 2.29. The Labute approximate surface area is 139 Å². The third kappa shape index (κ3) is 4.18. The lowest BCUT2D eigenvalue weighted by Gasteiger charge is -2.14. The van der Waals surface area contributed by atoms with E-state index in [0.717, 1.165) is 23.1 Å². The lowest BCUT2D eigenvalue weighted by molar-refractivity contribution is 0.225. The fourth-order valence-electron chi connectivity index (χ4n) is 2.02. The van der Waals surface area contributed by atoms with Crippen LogP contribution in [0.4, 0.5) is 4.79 Å². The van der Waals surface area contributed by atoms with E-state index in [1.54, 1.807) is 24.5 Å². The van der Waals surface area contributed by atoms with Crippen LogP contribution in [0.5, 0.6) is 11.5 Å². The first-order chi connectivity index (χ1) is 10.5. The molecule has 0 N–H and O–H groups in total. The summed E-state index contributed by atoms with van der Waals surface area (Å²) >= 11 is 7.22. The van der Waals surface area contributed by atoms with Crippen LogP contribution in [0.3, 0.4) is 0 Å². The van der Waals surface area contributed by atoms with Crippen LogP contribution in [0.1, 0.15) is 16.7 Å². The quantitative estimate of drug-likeness (QED) is 0.700. The predicted octanol–water partition coefficient (Wildman–Crippen LogP) is 5.40. The average molecular weight is 337 g/mol. The number of carbonyl (C=O) groups excluding carboxylic acids is 1. The summed E-state index contributed by atoms with van der Waals surface area (Å²) in [6.07, 6.45) is 1.67. The molecule has 0 saturated heterocycles. The van der Waals surface area contributed by atoms with E-state index < -0.39 is 0 Å². The Hall–Kier alpha value is -1.65. The first-order valence-corrected chi connectivity index (χ1v) is 8.34. The van der Waals surface area contributed by atoms with Crippen molar-refractivity contribution in [3.05, 3.63) is 58.1 Å². The molecule has 0 aliphatic heterocycles. The molecule has 2 aromatic carbocycles. The van der Waals surface area contributed by atoms with Crippen molar-refractivity contribution in [2.75, 3.05) is 6.26 Å². The number of benzene rings is 2. The Bertz CT molecular complexity index is 686. The molecule has 0 aromatic heterocycles. The zero-order valence-electron chi connectivity index (χ0n) is 12.7. The van der Waals surface area contributed by atoms with Crippen molar-refractivity contribution in [2.45, 2.75) is 20.5 Å². The second kappa shape index (κ2) is 7.56. The molecule has 22 heavy (non-hydrogen) atoms. The summed E-state index contributed by atoms with van der Waals surface area (Å²) < 4.78 is 11.1. The van der Waals surface area contributed by atoms with Gasteiger partial charge in [0.2, 0.25) is 0 Å².